The fourth-order valence-electron chi connectivity index (χ4n) is 3.13. The molecule has 1 amide bonds. The van der Waals surface area contributed by atoms with E-state index >= 15 is 0 Å². The van der Waals surface area contributed by atoms with Crippen molar-refractivity contribution in [1.29, 1.82) is 0 Å². The molecule has 0 bridgehead atoms. The molecule has 0 saturated carbocycles. The molecule has 3 rings (SSSR count). The van der Waals surface area contributed by atoms with Gasteiger partial charge in [-0.05, 0) is 50.6 Å². The minimum atomic E-state index is -0.310. The van der Waals surface area contributed by atoms with Crippen molar-refractivity contribution in [2.24, 2.45) is 10.7 Å². The number of aliphatic imine (C=N–C) groups is 1. The third kappa shape index (κ3) is 4.11. The second kappa shape index (κ2) is 7.57. The summed E-state index contributed by atoms with van der Waals surface area (Å²) in [6, 6.07) is 5.75. The number of ether oxygens (including phenoxy) is 1. The van der Waals surface area contributed by atoms with Crippen LogP contribution < -0.4 is 15.8 Å². The van der Waals surface area contributed by atoms with Crippen LogP contribution in [0.3, 0.4) is 0 Å². The Morgan fingerprint density at radius 3 is 2.84 bits per heavy atom. The fourth-order valence-corrected chi connectivity index (χ4v) is 3.13. The summed E-state index contributed by atoms with van der Waals surface area (Å²) in [6.07, 6.45) is 2.57. The molecule has 4 N–H and O–H groups in total. The van der Waals surface area contributed by atoms with Crippen molar-refractivity contribution in [3.63, 3.8) is 0 Å². The molecule has 1 fully saturated rings. The topological polar surface area (TPSA) is 95.7 Å². The van der Waals surface area contributed by atoms with Crippen molar-refractivity contribution in [2.75, 3.05) is 33.3 Å². The number of likely N-dealkylation sites (tertiary alicyclic amines) is 1. The zero-order chi connectivity index (χ0) is 17.8. The molecule has 25 heavy (non-hydrogen) atoms. The number of aromatic amines is 1. The number of carbonyl (C=O) groups is 1. The molecule has 0 atom stereocenters. The molecule has 7 nitrogen and oxygen atoms in total. The number of benzene rings is 1. The number of hydrogen-bond acceptors (Lipinski definition) is 4. The molecule has 0 spiro atoms. The van der Waals surface area contributed by atoms with E-state index in [1.54, 1.807) is 0 Å². The summed E-state index contributed by atoms with van der Waals surface area (Å²) in [6.45, 7) is 5.96. The van der Waals surface area contributed by atoms with Crippen LogP contribution in [0.25, 0.3) is 10.9 Å². The molecule has 2 aromatic rings. The van der Waals surface area contributed by atoms with Gasteiger partial charge in [-0.2, -0.15) is 0 Å². The molecular formula is C18H25N5O2. The number of aryl methyl sites for hydroxylation is 1. The Balaban J connectivity index is 1.70. The van der Waals surface area contributed by atoms with E-state index in [4.69, 9.17) is 10.5 Å². The van der Waals surface area contributed by atoms with Crippen LogP contribution in [0.2, 0.25) is 0 Å². The van der Waals surface area contributed by atoms with E-state index in [1.807, 2.05) is 25.1 Å². The number of nitrogens with two attached hydrogens (primary N) is 1. The highest BCUT2D eigenvalue weighted by Crippen LogP contribution is 2.25. The fraction of sp³-hybridized carbons (Fsp3) is 0.444. The van der Waals surface area contributed by atoms with Gasteiger partial charge < -0.3 is 15.5 Å². The first kappa shape index (κ1) is 17.3. The second-order valence-corrected chi connectivity index (χ2v) is 6.34. The van der Waals surface area contributed by atoms with Gasteiger partial charge in [0.1, 0.15) is 18.1 Å². The SMILES string of the molecule is CN=C(N)NC(=O)c1cc2c(C)cc(OCCN3CCCC3)cc2[nH]1. The lowest BCUT2D eigenvalue weighted by atomic mass is 10.1. The lowest BCUT2D eigenvalue weighted by molar-refractivity contribution is 0.0972. The van der Waals surface area contributed by atoms with Crippen LogP contribution in [0, 0.1) is 6.92 Å². The van der Waals surface area contributed by atoms with Crippen molar-refractivity contribution in [3.05, 3.63) is 29.5 Å². The first-order valence-corrected chi connectivity index (χ1v) is 8.59. The predicted octanol–water partition coefficient (Wildman–Crippen LogP) is 1.63. The monoisotopic (exact) mass is 343 g/mol. The van der Waals surface area contributed by atoms with Gasteiger partial charge in [0.25, 0.3) is 5.91 Å². The predicted molar refractivity (Wildman–Crippen MR) is 99.2 cm³/mol. The number of amides is 1. The zero-order valence-corrected chi connectivity index (χ0v) is 14.8. The molecule has 7 heteroatoms. The Morgan fingerprint density at radius 1 is 1.36 bits per heavy atom. The summed E-state index contributed by atoms with van der Waals surface area (Å²) in [4.78, 5) is 21.4. The summed E-state index contributed by atoms with van der Waals surface area (Å²) < 4.78 is 5.91. The Bertz CT molecular complexity index is 790. The first-order valence-electron chi connectivity index (χ1n) is 8.59. The molecule has 0 unspecified atom stereocenters. The van der Waals surface area contributed by atoms with Gasteiger partial charge in [-0.1, -0.05) is 0 Å². The highest BCUT2D eigenvalue weighted by atomic mass is 16.5. The number of aromatic nitrogens is 1. The summed E-state index contributed by atoms with van der Waals surface area (Å²) in [5, 5.41) is 3.52. The van der Waals surface area contributed by atoms with Gasteiger partial charge in [0.2, 0.25) is 0 Å². The molecule has 1 aromatic carbocycles. The van der Waals surface area contributed by atoms with Gasteiger partial charge in [0.15, 0.2) is 5.96 Å². The highest BCUT2D eigenvalue weighted by molar-refractivity contribution is 6.06. The highest BCUT2D eigenvalue weighted by Gasteiger charge is 2.14. The standard InChI is InChI=1S/C18H25N5O2/c1-12-9-13(25-8-7-23-5-3-4-6-23)10-15-14(12)11-16(21-15)17(24)22-18(19)20-2/h9-11,21H,3-8H2,1-2H3,(H3,19,20,22,24). The Hall–Kier alpha value is -2.54. The molecule has 1 aliphatic rings. The minimum Gasteiger partial charge on any atom is -0.492 e. The number of nitrogens with one attached hydrogen (secondary N) is 2. The van der Waals surface area contributed by atoms with Crippen LogP contribution >= 0.6 is 0 Å². The molecule has 2 heterocycles. The summed E-state index contributed by atoms with van der Waals surface area (Å²) in [5.41, 5.74) is 7.92. The summed E-state index contributed by atoms with van der Waals surface area (Å²) in [5.74, 6) is 0.592. The van der Waals surface area contributed by atoms with E-state index in [1.165, 1.54) is 33.0 Å². The van der Waals surface area contributed by atoms with Gasteiger partial charge in [0, 0.05) is 30.6 Å². The van der Waals surface area contributed by atoms with E-state index in [2.05, 4.69) is 20.2 Å². The summed E-state index contributed by atoms with van der Waals surface area (Å²) >= 11 is 0. The van der Waals surface area contributed by atoms with Crippen LogP contribution in [0.5, 0.6) is 5.75 Å². The lowest BCUT2D eigenvalue weighted by Gasteiger charge is -2.15. The van der Waals surface area contributed by atoms with Gasteiger partial charge in [-0.15, -0.1) is 0 Å². The van der Waals surface area contributed by atoms with Gasteiger partial charge >= 0.3 is 0 Å². The smallest absolute Gasteiger partial charge is 0.274 e. The van der Waals surface area contributed by atoms with E-state index < -0.39 is 0 Å². The molecule has 0 aliphatic carbocycles. The maximum absolute atomic E-state index is 12.2. The third-order valence-corrected chi connectivity index (χ3v) is 4.52. The molecule has 1 aliphatic heterocycles. The van der Waals surface area contributed by atoms with Crippen molar-refractivity contribution in [3.8, 4) is 5.75 Å². The van der Waals surface area contributed by atoms with E-state index in [-0.39, 0.29) is 11.9 Å². The molecule has 0 radical (unpaired) electrons. The minimum absolute atomic E-state index is 0.0892. The number of rotatable bonds is 5. The van der Waals surface area contributed by atoms with Crippen LogP contribution in [0.4, 0.5) is 0 Å². The number of carbonyl (C=O) groups excluding carboxylic acids is 1. The zero-order valence-electron chi connectivity index (χ0n) is 14.8. The number of H-pyrrole nitrogens is 1. The van der Waals surface area contributed by atoms with Gasteiger partial charge in [0.05, 0.1) is 0 Å². The van der Waals surface area contributed by atoms with Gasteiger partial charge in [-0.25, -0.2) is 0 Å². The number of nitrogens with zero attached hydrogens (tertiary/aromatic N) is 2. The maximum atomic E-state index is 12.2. The molecule has 1 aromatic heterocycles. The van der Waals surface area contributed by atoms with E-state index in [0.29, 0.717) is 12.3 Å². The average Bonchev–Trinajstić information content (AvgIpc) is 3.24. The quantitative estimate of drug-likeness (QED) is 0.568. The number of guanidine groups is 1. The largest absolute Gasteiger partial charge is 0.492 e. The van der Waals surface area contributed by atoms with Crippen LogP contribution in [0.15, 0.2) is 23.2 Å². The average molecular weight is 343 g/mol. The molecular weight excluding hydrogens is 318 g/mol. The lowest BCUT2D eigenvalue weighted by Crippen LogP contribution is -2.36. The van der Waals surface area contributed by atoms with Crippen molar-refractivity contribution < 1.29 is 9.53 Å². The molecule has 134 valence electrons. The van der Waals surface area contributed by atoms with E-state index in [9.17, 15) is 4.79 Å². The number of hydrogen-bond donors (Lipinski definition) is 3. The summed E-state index contributed by atoms with van der Waals surface area (Å²) in [7, 11) is 1.52. The van der Waals surface area contributed by atoms with Crippen LogP contribution in [0.1, 0.15) is 28.9 Å². The third-order valence-electron chi connectivity index (χ3n) is 4.52. The Labute approximate surface area is 147 Å². The van der Waals surface area contributed by atoms with Crippen molar-refractivity contribution in [2.45, 2.75) is 19.8 Å². The van der Waals surface area contributed by atoms with Crippen LogP contribution in [-0.4, -0.2) is 55.0 Å². The Morgan fingerprint density at radius 2 is 2.12 bits per heavy atom. The van der Waals surface area contributed by atoms with Gasteiger partial charge in [-0.3, -0.25) is 20.0 Å². The van der Waals surface area contributed by atoms with E-state index in [0.717, 1.165) is 28.8 Å². The number of fused-ring (bicyclic) bond motifs is 1. The van der Waals surface area contributed by atoms with Crippen molar-refractivity contribution in [1.82, 2.24) is 15.2 Å². The van der Waals surface area contributed by atoms with Crippen molar-refractivity contribution >= 4 is 22.8 Å². The second-order valence-electron chi connectivity index (χ2n) is 6.34. The first-order chi connectivity index (χ1) is 12.1. The normalized spacial score (nSPS) is 15.7. The maximum Gasteiger partial charge on any atom is 0.274 e. The molecule has 1 saturated heterocycles. The van der Waals surface area contributed by atoms with Crippen LogP contribution in [-0.2, 0) is 0 Å². The Kier molecular flexibility index (Phi) is 5.23.